The fourth-order valence-corrected chi connectivity index (χ4v) is 2.81. The summed E-state index contributed by atoms with van der Waals surface area (Å²) in [5.41, 5.74) is 0.0400. The highest BCUT2D eigenvalue weighted by molar-refractivity contribution is 9.09. The molecule has 0 amide bonds. The maximum absolute atomic E-state index is 10.7. The molecular weight excluding hydrogens is 314 g/mol. The van der Waals surface area contributed by atoms with Gasteiger partial charge in [0, 0.05) is 23.9 Å². The van der Waals surface area contributed by atoms with Gasteiger partial charge in [0.2, 0.25) is 0 Å². The molecule has 1 aliphatic carbocycles. The van der Waals surface area contributed by atoms with Crippen LogP contribution in [0.5, 0.6) is 5.75 Å². The molecule has 1 aromatic carbocycles. The molecule has 1 fully saturated rings. The van der Waals surface area contributed by atoms with Crippen molar-refractivity contribution in [3.05, 3.63) is 34.4 Å². The van der Waals surface area contributed by atoms with Gasteiger partial charge >= 0.3 is 0 Å². The Bertz CT molecular complexity index is 454. The summed E-state index contributed by atoms with van der Waals surface area (Å²) in [6.45, 7) is 2.75. The predicted molar refractivity (Wildman–Crippen MR) is 74.9 cm³/mol. The second-order valence-electron chi connectivity index (χ2n) is 4.50. The summed E-state index contributed by atoms with van der Waals surface area (Å²) in [6.07, 6.45) is 1.77. The third kappa shape index (κ3) is 3.45. The molecule has 1 aliphatic rings. The van der Waals surface area contributed by atoms with E-state index in [1.165, 1.54) is 12.1 Å². The molecule has 0 radical (unpaired) electrons. The first-order chi connectivity index (χ1) is 9.11. The molecule has 0 aliphatic heterocycles. The van der Waals surface area contributed by atoms with Gasteiger partial charge in [-0.25, -0.2) is 0 Å². The van der Waals surface area contributed by atoms with Crippen molar-refractivity contribution in [1.29, 1.82) is 0 Å². The molecule has 0 aromatic heterocycles. The first kappa shape index (κ1) is 14.3. The van der Waals surface area contributed by atoms with Crippen molar-refractivity contribution < 1.29 is 14.4 Å². The van der Waals surface area contributed by atoms with E-state index in [1.807, 2.05) is 0 Å². The van der Waals surface area contributed by atoms with Crippen molar-refractivity contribution in [3.63, 3.8) is 0 Å². The second-order valence-corrected chi connectivity index (χ2v) is 5.67. The Hall–Kier alpha value is -1.14. The fourth-order valence-electron chi connectivity index (χ4n) is 1.95. The lowest BCUT2D eigenvalue weighted by molar-refractivity contribution is -0.385. The number of hydrogen-bond acceptors (Lipinski definition) is 4. The van der Waals surface area contributed by atoms with Crippen LogP contribution in [0, 0.1) is 10.1 Å². The average molecular weight is 330 g/mol. The first-order valence-corrected chi connectivity index (χ1v) is 7.20. The smallest absolute Gasteiger partial charge is 0.273 e. The van der Waals surface area contributed by atoms with Crippen LogP contribution in [-0.2, 0) is 4.74 Å². The monoisotopic (exact) mass is 329 g/mol. The van der Waals surface area contributed by atoms with Gasteiger partial charge in [0.1, 0.15) is 18.0 Å². The minimum atomic E-state index is -0.425. The Morgan fingerprint density at radius 2 is 2.32 bits per heavy atom. The van der Waals surface area contributed by atoms with Crippen LogP contribution >= 0.6 is 15.9 Å². The summed E-state index contributed by atoms with van der Waals surface area (Å²) in [4.78, 5) is 10.6. The van der Waals surface area contributed by atoms with Crippen molar-refractivity contribution in [2.24, 2.45) is 0 Å². The van der Waals surface area contributed by atoms with E-state index in [4.69, 9.17) is 9.47 Å². The minimum absolute atomic E-state index is 0.0132. The van der Waals surface area contributed by atoms with Crippen LogP contribution in [0.25, 0.3) is 0 Å². The third-order valence-corrected chi connectivity index (χ3v) is 3.91. The molecule has 2 rings (SSSR count). The van der Waals surface area contributed by atoms with E-state index in [0.717, 1.165) is 12.8 Å². The number of nitro groups is 1. The molecule has 0 saturated heterocycles. The van der Waals surface area contributed by atoms with Crippen LogP contribution < -0.4 is 4.74 Å². The molecule has 3 atom stereocenters. The molecule has 19 heavy (non-hydrogen) atoms. The molecule has 0 N–H and O–H groups in total. The molecule has 5 nitrogen and oxygen atoms in total. The van der Waals surface area contributed by atoms with Gasteiger partial charge in [-0.3, -0.25) is 10.1 Å². The number of non-ortho nitro benzene ring substituents is 1. The van der Waals surface area contributed by atoms with Gasteiger partial charge in [0.25, 0.3) is 5.69 Å². The Kier molecular flexibility index (Phi) is 4.76. The maximum atomic E-state index is 10.7. The second kappa shape index (κ2) is 6.34. The molecule has 0 spiro atoms. The molecular formula is C13H16BrNO4. The lowest BCUT2D eigenvalue weighted by atomic mass is 9.91. The van der Waals surface area contributed by atoms with Crippen molar-refractivity contribution in [2.45, 2.75) is 36.8 Å². The highest BCUT2D eigenvalue weighted by atomic mass is 79.9. The maximum Gasteiger partial charge on any atom is 0.273 e. The van der Waals surface area contributed by atoms with Crippen LogP contribution in [0.15, 0.2) is 24.3 Å². The largest absolute Gasteiger partial charge is 0.487 e. The normalized spacial score (nSPS) is 25.7. The van der Waals surface area contributed by atoms with E-state index in [2.05, 4.69) is 22.9 Å². The quantitative estimate of drug-likeness (QED) is 0.456. The van der Waals surface area contributed by atoms with Crippen LogP contribution in [-0.4, -0.2) is 28.6 Å². The van der Waals surface area contributed by atoms with E-state index < -0.39 is 4.92 Å². The number of nitrogens with zero attached hydrogens (tertiary/aromatic N) is 1. The molecule has 0 heterocycles. The highest BCUT2D eigenvalue weighted by Crippen LogP contribution is 2.34. The predicted octanol–water partition coefficient (Wildman–Crippen LogP) is 3.30. The Labute approximate surface area is 120 Å². The molecule has 6 heteroatoms. The SMILES string of the molecule is CCCOC1C(Br)CC1Oc1cccc([N+](=O)[O-])c1. The van der Waals surface area contributed by atoms with Crippen LogP contribution in [0.4, 0.5) is 5.69 Å². The lowest BCUT2D eigenvalue weighted by Gasteiger charge is -2.40. The molecule has 3 unspecified atom stereocenters. The van der Waals surface area contributed by atoms with E-state index in [0.29, 0.717) is 17.2 Å². The van der Waals surface area contributed by atoms with Crippen molar-refractivity contribution >= 4 is 21.6 Å². The lowest BCUT2D eigenvalue weighted by Crippen LogP contribution is -2.52. The topological polar surface area (TPSA) is 61.6 Å². The van der Waals surface area contributed by atoms with Gasteiger partial charge in [-0.05, 0) is 12.5 Å². The van der Waals surface area contributed by atoms with E-state index in [9.17, 15) is 10.1 Å². The van der Waals surface area contributed by atoms with Crippen LogP contribution in [0.3, 0.4) is 0 Å². The number of alkyl halides is 1. The number of benzene rings is 1. The zero-order valence-corrected chi connectivity index (χ0v) is 12.2. The summed E-state index contributed by atoms with van der Waals surface area (Å²) in [7, 11) is 0. The van der Waals surface area contributed by atoms with E-state index in [-0.39, 0.29) is 17.9 Å². The number of nitro benzene ring substituents is 1. The van der Waals surface area contributed by atoms with Gasteiger partial charge in [-0.2, -0.15) is 0 Å². The van der Waals surface area contributed by atoms with E-state index in [1.54, 1.807) is 12.1 Å². The standard InChI is InChI=1S/C13H16BrNO4/c1-2-6-18-13-11(14)8-12(13)19-10-5-3-4-9(7-10)15(16)17/h3-5,7,11-13H,2,6,8H2,1H3. The highest BCUT2D eigenvalue weighted by Gasteiger charge is 2.42. The fraction of sp³-hybridized carbons (Fsp3) is 0.538. The van der Waals surface area contributed by atoms with Crippen LogP contribution in [0.2, 0.25) is 0 Å². The van der Waals surface area contributed by atoms with Crippen molar-refractivity contribution in [3.8, 4) is 5.75 Å². The summed E-state index contributed by atoms with van der Waals surface area (Å²) >= 11 is 3.54. The summed E-state index contributed by atoms with van der Waals surface area (Å²) < 4.78 is 11.5. The molecule has 0 bridgehead atoms. The van der Waals surface area contributed by atoms with Gasteiger partial charge < -0.3 is 9.47 Å². The van der Waals surface area contributed by atoms with Gasteiger partial charge in [0.15, 0.2) is 0 Å². The Morgan fingerprint density at radius 3 is 2.95 bits per heavy atom. The Balaban J connectivity index is 1.97. The van der Waals surface area contributed by atoms with E-state index >= 15 is 0 Å². The number of hydrogen-bond donors (Lipinski definition) is 0. The van der Waals surface area contributed by atoms with Gasteiger partial charge in [0.05, 0.1) is 11.0 Å². The zero-order valence-electron chi connectivity index (χ0n) is 10.6. The van der Waals surface area contributed by atoms with Crippen molar-refractivity contribution in [1.82, 2.24) is 0 Å². The Morgan fingerprint density at radius 1 is 1.53 bits per heavy atom. The third-order valence-electron chi connectivity index (χ3n) is 3.01. The average Bonchev–Trinajstić information content (AvgIpc) is 2.39. The number of ether oxygens (including phenoxy) is 2. The summed E-state index contributed by atoms with van der Waals surface area (Å²) in [5, 5.41) is 10.7. The van der Waals surface area contributed by atoms with Gasteiger partial charge in [-0.15, -0.1) is 0 Å². The number of rotatable bonds is 6. The van der Waals surface area contributed by atoms with Crippen molar-refractivity contribution in [2.75, 3.05) is 6.61 Å². The molecule has 1 aromatic rings. The summed E-state index contributed by atoms with van der Waals surface area (Å²) in [6, 6.07) is 6.25. The molecule has 1 saturated carbocycles. The summed E-state index contributed by atoms with van der Waals surface area (Å²) in [5.74, 6) is 0.517. The number of halogens is 1. The minimum Gasteiger partial charge on any atom is -0.487 e. The van der Waals surface area contributed by atoms with Gasteiger partial charge in [-0.1, -0.05) is 28.9 Å². The molecule has 104 valence electrons. The van der Waals surface area contributed by atoms with Crippen LogP contribution in [0.1, 0.15) is 19.8 Å². The zero-order chi connectivity index (χ0) is 13.8. The first-order valence-electron chi connectivity index (χ1n) is 6.28.